The summed E-state index contributed by atoms with van der Waals surface area (Å²) < 4.78 is 14.9. The topological polar surface area (TPSA) is 57.2 Å². The van der Waals surface area contributed by atoms with Gasteiger partial charge in [0.2, 0.25) is 0 Å². The third-order valence-electron chi connectivity index (χ3n) is 9.52. The van der Waals surface area contributed by atoms with Crippen molar-refractivity contribution in [1.29, 1.82) is 0 Å². The van der Waals surface area contributed by atoms with Crippen LogP contribution in [0.3, 0.4) is 0 Å². The van der Waals surface area contributed by atoms with Gasteiger partial charge in [0.15, 0.2) is 0 Å². The van der Waals surface area contributed by atoms with Crippen LogP contribution in [0.1, 0.15) is 5.56 Å². The van der Waals surface area contributed by atoms with E-state index in [0.29, 0.717) is 12.4 Å². The minimum atomic E-state index is 0.604. The second-order valence-corrected chi connectivity index (χ2v) is 12.7. The Hall–Kier alpha value is -6.72. The molecule has 0 aliphatic rings. The van der Waals surface area contributed by atoms with Crippen LogP contribution in [0.2, 0.25) is 0 Å². The van der Waals surface area contributed by atoms with E-state index in [0.717, 1.165) is 88.6 Å². The number of aromatic nitrogens is 3. The Bertz CT molecular complexity index is 2840. The molecule has 0 amide bonds. The summed E-state index contributed by atoms with van der Waals surface area (Å²) in [6, 6.07) is 56.5. The first-order valence-electron chi connectivity index (χ1n) is 16.8. The molecule has 0 saturated heterocycles. The summed E-state index contributed by atoms with van der Waals surface area (Å²) in [5, 5.41) is 9.41. The number of para-hydroxylation sites is 2. The van der Waals surface area contributed by atoms with Gasteiger partial charge in [-0.05, 0) is 70.0 Å². The van der Waals surface area contributed by atoms with Gasteiger partial charge in [-0.15, -0.1) is 0 Å². The maximum absolute atomic E-state index is 6.54. The van der Waals surface area contributed by atoms with Crippen molar-refractivity contribution in [3.8, 4) is 45.0 Å². The van der Waals surface area contributed by atoms with Gasteiger partial charge in [0.05, 0.1) is 0 Å². The molecule has 0 fully saturated rings. The van der Waals surface area contributed by atoms with E-state index in [9.17, 15) is 0 Å². The third kappa shape index (κ3) is 4.79. The molecule has 50 heavy (non-hydrogen) atoms. The standard InChI is InChI=1S/C45H29N3O2/c1-3-11-29(12-4-1)28-48-45(34-16-9-15-31(25-34)30-13-5-2-6-14-30)46-44(47-48)33-22-24-38-37-23-21-32(26-41(37)49-42(38)27-33)35-18-10-19-39-36-17-7-8-20-40(36)50-43(35)39/h1-27H,28H2. The largest absolute Gasteiger partial charge is 0.456 e. The summed E-state index contributed by atoms with van der Waals surface area (Å²) in [4.78, 5) is 5.14. The number of nitrogens with zero attached hydrogens (tertiary/aromatic N) is 3. The first-order valence-corrected chi connectivity index (χ1v) is 16.8. The van der Waals surface area contributed by atoms with Crippen molar-refractivity contribution in [2.45, 2.75) is 6.54 Å². The van der Waals surface area contributed by atoms with Gasteiger partial charge in [-0.3, -0.25) is 9.78 Å². The van der Waals surface area contributed by atoms with E-state index in [1.165, 1.54) is 0 Å². The van der Waals surface area contributed by atoms with Crippen molar-refractivity contribution >= 4 is 43.9 Å². The Morgan fingerprint density at radius 1 is 0.460 bits per heavy atom. The predicted molar refractivity (Wildman–Crippen MR) is 200 cm³/mol. The maximum Gasteiger partial charge on any atom is 0.143 e. The Morgan fingerprint density at radius 3 is 1.94 bits per heavy atom. The second-order valence-electron chi connectivity index (χ2n) is 12.7. The molecule has 0 atom stereocenters. The van der Waals surface area contributed by atoms with Crippen LogP contribution in [0, 0.1) is 0 Å². The summed E-state index contributed by atoms with van der Waals surface area (Å²) in [5.41, 5.74) is 10.8. The van der Waals surface area contributed by atoms with E-state index in [1.807, 2.05) is 35.0 Å². The number of rotatable bonds is 6. The lowest BCUT2D eigenvalue weighted by Crippen LogP contribution is -2.40. The number of benzene rings is 7. The highest BCUT2D eigenvalue weighted by Crippen LogP contribution is 2.39. The molecular weight excluding hydrogens is 615 g/mol. The van der Waals surface area contributed by atoms with Crippen molar-refractivity contribution in [3.05, 3.63) is 169 Å². The molecule has 10 aromatic rings. The molecule has 0 aliphatic heterocycles. The molecule has 3 heterocycles. The molecule has 0 N–H and O–H groups in total. The molecule has 0 spiro atoms. The van der Waals surface area contributed by atoms with Gasteiger partial charge < -0.3 is 13.8 Å². The van der Waals surface area contributed by atoms with Gasteiger partial charge in [0.1, 0.15) is 34.7 Å². The van der Waals surface area contributed by atoms with E-state index < -0.39 is 0 Å². The third-order valence-corrected chi connectivity index (χ3v) is 9.52. The fourth-order valence-corrected chi connectivity index (χ4v) is 7.07. The van der Waals surface area contributed by atoms with E-state index in [-0.39, 0.29) is 0 Å². The Kier molecular flexibility index (Phi) is 6.49. The Morgan fingerprint density at radius 2 is 1.10 bits per heavy atom. The van der Waals surface area contributed by atoms with E-state index >= 15 is 0 Å². The molecule has 0 unspecified atom stereocenters. The smallest absolute Gasteiger partial charge is 0.143 e. The number of hydrogen-bond donors (Lipinski definition) is 0. The van der Waals surface area contributed by atoms with Gasteiger partial charge in [0, 0.05) is 32.7 Å². The Labute approximate surface area is 287 Å². The van der Waals surface area contributed by atoms with Crippen molar-refractivity contribution in [2.75, 3.05) is 0 Å². The molecule has 0 bridgehead atoms. The minimum absolute atomic E-state index is 0.604. The fourth-order valence-electron chi connectivity index (χ4n) is 7.07. The molecule has 0 aliphatic carbocycles. The summed E-state index contributed by atoms with van der Waals surface area (Å²) in [5.74, 6) is 1.47. The molecule has 0 radical (unpaired) electrons. The van der Waals surface area contributed by atoms with E-state index in [4.69, 9.17) is 18.9 Å². The molecule has 0 saturated carbocycles. The molecule has 5 nitrogen and oxygen atoms in total. The van der Waals surface area contributed by atoms with Crippen molar-refractivity contribution < 1.29 is 13.5 Å². The predicted octanol–water partition coefficient (Wildman–Crippen LogP) is 10.8. The lowest BCUT2D eigenvalue weighted by atomic mass is 10.0. The molecule has 7 aromatic carbocycles. The zero-order valence-electron chi connectivity index (χ0n) is 27.0. The van der Waals surface area contributed by atoms with Gasteiger partial charge in [-0.1, -0.05) is 127 Å². The highest BCUT2D eigenvalue weighted by atomic mass is 16.3. The maximum atomic E-state index is 6.54. The molecule has 10 rings (SSSR count). The molecule has 236 valence electrons. The zero-order chi connectivity index (χ0) is 33.0. The highest BCUT2D eigenvalue weighted by Gasteiger charge is 2.16. The fraction of sp³-hybridized carbons (Fsp3) is 0.0222. The van der Waals surface area contributed by atoms with Crippen LogP contribution in [0.15, 0.2) is 173 Å². The van der Waals surface area contributed by atoms with Crippen LogP contribution < -0.4 is 9.78 Å². The van der Waals surface area contributed by atoms with Crippen LogP contribution in [0.4, 0.5) is 0 Å². The van der Waals surface area contributed by atoms with Crippen molar-refractivity contribution in [2.24, 2.45) is 0 Å². The number of furan rings is 2. The van der Waals surface area contributed by atoms with Gasteiger partial charge in [-0.2, -0.15) is 0 Å². The van der Waals surface area contributed by atoms with Gasteiger partial charge in [-0.25, -0.2) is 0 Å². The quantitative estimate of drug-likeness (QED) is 0.169. The monoisotopic (exact) mass is 643 g/mol. The average molecular weight is 644 g/mol. The first-order chi connectivity index (χ1) is 24.7. The van der Waals surface area contributed by atoms with Crippen molar-refractivity contribution in [1.82, 2.24) is 10.1 Å². The van der Waals surface area contributed by atoms with Crippen LogP contribution in [0.25, 0.3) is 88.9 Å². The number of fused-ring (bicyclic) bond motifs is 6. The van der Waals surface area contributed by atoms with Crippen LogP contribution in [0.5, 0.6) is 0 Å². The highest BCUT2D eigenvalue weighted by molar-refractivity contribution is 6.11. The summed E-state index contributed by atoms with van der Waals surface area (Å²) in [6.07, 6.45) is 0. The van der Waals surface area contributed by atoms with E-state index in [2.05, 4.69) is 133 Å². The second kappa shape index (κ2) is 11.5. The van der Waals surface area contributed by atoms with Crippen LogP contribution in [-0.2, 0) is 6.54 Å². The van der Waals surface area contributed by atoms with Crippen molar-refractivity contribution in [3.63, 3.8) is 0 Å². The first kappa shape index (κ1) is 28.3. The lowest BCUT2D eigenvalue weighted by molar-refractivity contribution is -0.737. The summed E-state index contributed by atoms with van der Waals surface area (Å²) in [7, 11) is 0. The lowest BCUT2D eigenvalue weighted by Gasteiger charge is -2.09. The number of hydrogen-bond acceptors (Lipinski definition) is 3. The van der Waals surface area contributed by atoms with E-state index in [1.54, 1.807) is 0 Å². The average Bonchev–Trinajstić information content (AvgIpc) is 3.88. The SMILES string of the molecule is c1ccc(C[n+]2[n-]c(-c3ccc4c(c3)oc3cc(-c5cccc6c5oc5ccccc56)ccc34)nc2-c2cccc(-c3ccccc3)c2)cc1. The normalized spacial score (nSPS) is 11.7. The molecule has 5 heteroatoms. The van der Waals surface area contributed by atoms with Crippen LogP contribution >= 0.6 is 0 Å². The molecule has 3 aromatic heterocycles. The summed E-state index contributed by atoms with van der Waals surface area (Å²) in [6.45, 7) is 0.604. The van der Waals surface area contributed by atoms with Crippen LogP contribution in [-0.4, -0.2) is 4.98 Å². The summed E-state index contributed by atoms with van der Waals surface area (Å²) >= 11 is 0. The Balaban J connectivity index is 1.06. The zero-order valence-corrected chi connectivity index (χ0v) is 27.0. The van der Waals surface area contributed by atoms with Gasteiger partial charge >= 0.3 is 0 Å². The molecular formula is C45H29N3O2. The minimum Gasteiger partial charge on any atom is -0.456 e. The van der Waals surface area contributed by atoms with Gasteiger partial charge in [0.25, 0.3) is 0 Å².